The van der Waals surface area contributed by atoms with Crippen LogP contribution in [0, 0.1) is 16.7 Å². The van der Waals surface area contributed by atoms with Crippen molar-refractivity contribution in [2.75, 3.05) is 21.3 Å². The summed E-state index contributed by atoms with van der Waals surface area (Å²) in [5.74, 6) is 1.07. The quantitative estimate of drug-likeness (QED) is 0.716. The van der Waals surface area contributed by atoms with E-state index in [1.807, 2.05) is 0 Å². The van der Waals surface area contributed by atoms with E-state index in [0.29, 0.717) is 5.41 Å². The zero-order valence-corrected chi connectivity index (χ0v) is 12.7. The van der Waals surface area contributed by atoms with Crippen LogP contribution < -0.4 is 0 Å². The fourth-order valence-corrected chi connectivity index (χ4v) is 3.67. The van der Waals surface area contributed by atoms with Gasteiger partial charge >= 0.3 is 9.53 Å². The van der Waals surface area contributed by atoms with Gasteiger partial charge in [0, 0.05) is 21.3 Å². The van der Waals surface area contributed by atoms with Crippen LogP contribution in [0.25, 0.3) is 0 Å². The maximum atomic E-state index is 4.74. The molecular formula is C12H26O3Si. The molecule has 3 aliphatic carbocycles. The lowest BCUT2D eigenvalue weighted by molar-refractivity contribution is -0.0393. The van der Waals surface area contributed by atoms with Crippen molar-refractivity contribution in [3.8, 4) is 0 Å². The lowest BCUT2D eigenvalue weighted by atomic mass is 9.52. The third-order valence-electron chi connectivity index (χ3n) is 4.90. The molecule has 0 aliphatic heterocycles. The maximum absolute atomic E-state index is 4.74. The first-order valence-corrected chi connectivity index (χ1v) is 7.41. The van der Waals surface area contributed by atoms with E-state index in [9.17, 15) is 0 Å². The molecule has 16 heavy (non-hydrogen) atoms. The predicted octanol–water partition coefficient (Wildman–Crippen LogP) is 2.48. The maximum Gasteiger partial charge on any atom is 0.483 e. The molecule has 3 fully saturated rings. The molecule has 0 spiro atoms. The Morgan fingerprint density at radius 2 is 1.50 bits per heavy atom. The van der Waals surface area contributed by atoms with Crippen molar-refractivity contribution in [2.24, 2.45) is 16.7 Å². The van der Waals surface area contributed by atoms with E-state index in [1.165, 1.54) is 19.3 Å². The highest BCUT2D eigenvalue weighted by Crippen LogP contribution is 2.70. The lowest BCUT2D eigenvalue weighted by Crippen LogP contribution is -2.45. The molecule has 3 rings (SSSR count). The Bertz CT molecular complexity index is 216. The van der Waals surface area contributed by atoms with Gasteiger partial charge in [0.1, 0.15) is 0 Å². The van der Waals surface area contributed by atoms with Crippen LogP contribution in [0.15, 0.2) is 0 Å². The first-order chi connectivity index (χ1) is 7.41. The minimum absolute atomic E-state index is 0.688. The van der Waals surface area contributed by atoms with Crippen molar-refractivity contribution >= 4 is 9.53 Å². The van der Waals surface area contributed by atoms with E-state index in [0.717, 1.165) is 11.3 Å². The van der Waals surface area contributed by atoms with Gasteiger partial charge in [0.25, 0.3) is 0 Å². The van der Waals surface area contributed by atoms with Crippen molar-refractivity contribution < 1.29 is 13.3 Å². The van der Waals surface area contributed by atoms with E-state index >= 15 is 0 Å². The summed E-state index contributed by atoms with van der Waals surface area (Å²) < 4.78 is 14.2. The van der Waals surface area contributed by atoms with Crippen LogP contribution >= 0.6 is 0 Å². The van der Waals surface area contributed by atoms with E-state index < -0.39 is 9.53 Å². The van der Waals surface area contributed by atoms with E-state index in [1.54, 1.807) is 21.3 Å². The Morgan fingerprint density at radius 3 is 1.56 bits per heavy atom. The first-order valence-electron chi connectivity index (χ1n) is 5.99. The fraction of sp³-hybridized carbons (Fsp3) is 1.00. The minimum Gasteiger partial charge on any atom is -0.379 e. The molecule has 3 aliphatic rings. The highest BCUT2D eigenvalue weighted by atomic mass is 28.3. The third-order valence-corrected chi connectivity index (χ3v) is 6.05. The zero-order chi connectivity index (χ0) is 12.4. The number of fused-ring (bicyclic) bond motifs is 1. The SMILES string of the molecule is CC12CCC(C1)C2(C)C.CO[SiH](OC)OC. The molecule has 4 heteroatoms. The second kappa shape index (κ2) is 5.17. The molecule has 3 saturated carbocycles. The Balaban J connectivity index is 0.000000168. The van der Waals surface area contributed by atoms with Gasteiger partial charge in [-0.3, -0.25) is 0 Å². The molecule has 0 heterocycles. The summed E-state index contributed by atoms with van der Waals surface area (Å²) in [5, 5.41) is 0. The standard InChI is InChI=1S/C9H16.C3H10O3Si/c1-8(2)7-4-5-9(8,3)6-7;1-4-7(5-2)6-3/h7H,4-6H2,1-3H3;7H,1-3H3. The summed E-state index contributed by atoms with van der Waals surface area (Å²) in [4.78, 5) is 0. The number of hydrogen-bond acceptors (Lipinski definition) is 3. The van der Waals surface area contributed by atoms with Gasteiger partial charge < -0.3 is 13.3 Å². The Morgan fingerprint density at radius 1 is 1.00 bits per heavy atom. The highest BCUT2D eigenvalue weighted by Gasteiger charge is 2.61. The Labute approximate surface area is 101 Å². The van der Waals surface area contributed by atoms with Crippen molar-refractivity contribution in [1.29, 1.82) is 0 Å². The van der Waals surface area contributed by atoms with Crippen LogP contribution in [0.1, 0.15) is 40.0 Å². The van der Waals surface area contributed by atoms with Crippen LogP contribution in [0.5, 0.6) is 0 Å². The van der Waals surface area contributed by atoms with Gasteiger partial charge in [-0.2, -0.15) is 0 Å². The topological polar surface area (TPSA) is 27.7 Å². The second-order valence-electron chi connectivity index (χ2n) is 5.72. The largest absolute Gasteiger partial charge is 0.483 e. The summed E-state index contributed by atoms with van der Waals surface area (Å²) in [6.07, 6.45) is 4.51. The molecule has 2 bridgehead atoms. The van der Waals surface area contributed by atoms with Gasteiger partial charge in [0.2, 0.25) is 0 Å². The van der Waals surface area contributed by atoms with E-state index in [-0.39, 0.29) is 0 Å². The monoisotopic (exact) mass is 246 g/mol. The zero-order valence-electron chi connectivity index (χ0n) is 11.5. The average molecular weight is 246 g/mol. The number of rotatable bonds is 3. The van der Waals surface area contributed by atoms with Crippen LogP contribution in [0.3, 0.4) is 0 Å². The van der Waals surface area contributed by atoms with E-state index in [2.05, 4.69) is 20.8 Å². The second-order valence-corrected chi connectivity index (χ2v) is 7.71. The highest BCUT2D eigenvalue weighted by molar-refractivity contribution is 6.36. The van der Waals surface area contributed by atoms with Crippen molar-refractivity contribution in [1.82, 2.24) is 0 Å². The summed E-state index contributed by atoms with van der Waals surface area (Å²) in [5.41, 5.74) is 1.42. The molecule has 2 atom stereocenters. The Hall–Kier alpha value is 0.0969. The van der Waals surface area contributed by atoms with Gasteiger partial charge in [-0.25, -0.2) is 0 Å². The normalized spacial score (nSPS) is 34.3. The van der Waals surface area contributed by atoms with Gasteiger partial charge in [0.05, 0.1) is 0 Å². The molecule has 0 aromatic carbocycles. The van der Waals surface area contributed by atoms with Gasteiger partial charge in [-0.05, 0) is 36.0 Å². The van der Waals surface area contributed by atoms with Crippen LogP contribution in [-0.2, 0) is 13.3 Å². The van der Waals surface area contributed by atoms with Gasteiger partial charge in [-0.1, -0.05) is 20.8 Å². The van der Waals surface area contributed by atoms with E-state index in [4.69, 9.17) is 13.3 Å². The molecule has 0 aromatic heterocycles. The molecule has 0 amide bonds. The fourth-order valence-electron chi connectivity index (χ4n) is 3.09. The minimum atomic E-state index is -1.67. The molecular weight excluding hydrogens is 220 g/mol. The van der Waals surface area contributed by atoms with Crippen LogP contribution in [0.2, 0.25) is 0 Å². The van der Waals surface area contributed by atoms with Crippen molar-refractivity contribution in [3.63, 3.8) is 0 Å². The summed E-state index contributed by atoms with van der Waals surface area (Å²) in [7, 11) is 3.05. The molecule has 0 saturated heterocycles. The predicted molar refractivity (Wildman–Crippen MR) is 67.4 cm³/mol. The summed E-state index contributed by atoms with van der Waals surface area (Å²) >= 11 is 0. The summed E-state index contributed by atoms with van der Waals surface area (Å²) in [6.45, 7) is 7.33. The molecule has 96 valence electrons. The van der Waals surface area contributed by atoms with Gasteiger partial charge in [-0.15, -0.1) is 0 Å². The first kappa shape index (κ1) is 14.2. The van der Waals surface area contributed by atoms with Gasteiger partial charge in [0.15, 0.2) is 0 Å². The smallest absolute Gasteiger partial charge is 0.379 e. The molecule has 0 aromatic rings. The van der Waals surface area contributed by atoms with Crippen LogP contribution in [0.4, 0.5) is 0 Å². The number of hydrogen-bond donors (Lipinski definition) is 0. The molecule has 0 radical (unpaired) electrons. The third kappa shape index (κ3) is 2.35. The van der Waals surface area contributed by atoms with Crippen LogP contribution in [-0.4, -0.2) is 30.9 Å². The average Bonchev–Trinajstić information content (AvgIpc) is 2.76. The molecule has 2 unspecified atom stereocenters. The van der Waals surface area contributed by atoms with Crippen molar-refractivity contribution in [2.45, 2.75) is 40.0 Å². The molecule has 3 nitrogen and oxygen atoms in total. The summed E-state index contributed by atoms with van der Waals surface area (Å²) in [6, 6.07) is 0. The lowest BCUT2D eigenvalue weighted by Gasteiger charge is -2.53. The molecule has 0 N–H and O–H groups in total. The Kier molecular flexibility index (Phi) is 4.57. The van der Waals surface area contributed by atoms with Crippen molar-refractivity contribution in [3.05, 3.63) is 0 Å².